The third kappa shape index (κ3) is 11.4. The second-order valence-electron chi connectivity index (χ2n) is 8.47. The standard InChI is InChI=1S/C28H43NO2/c1-3-5-7-9-11-13-21-30-22-23-31-27-18-16-26(17-19-27)28-20-15-25(24-29-28)14-12-10-8-6-4-2/h15-20,24H,3-14,21-23H2,1-2H3. The third-order valence-corrected chi connectivity index (χ3v) is 5.68. The lowest BCUT2D eigenvalue weighted by molar-refractivity contribution is 0.0971. The minimum Gasteiger partial charge on any atom is -0.491 e. The number of hydrogen-bond acceptors (Lipinski definition) is 3. The molecule has 0 unspecified atom stereocenters. The van der Waals surface area contributed by atoms with Gasteiger partial charge in [0.1, 0.15) is 12.4 Å². The van der Waals surface area contributed by atoms with E-state index >= 15 is 0 Å². The second kappa shape index (κ2) is 16.8. The Labute approximate surface area is 190 Å². The quantitative estimate of drug-likeness (QED) is 0.227. The summed E-state index contributed by atoms with van der Waals surface area (Å²) < 4.78 is 11.5. The van der Waals surface area contributed by atoms with Crippen LogP contribution in [-0.2, 0) is 11.2 Å². The van der Waals surface area contributed by atoms with Crippen molar-refractivity contribution in [3.8, 4) is 17.0 Å². The number of hydrogen-bond donors (Lipinski definition) is 0. The summed E-state index contributed by atoms with van der Waals surface area (Å²) in [6.07, 6.45) is 17.5. The molecule has 3 nitrogen and oxygen atoms in total. The van der Waals surface area contributed by atoms with Gasteiger partial charge in [-0.2, -0.15) is 0 Å². The van der Waals surface area contributed by atoms with E-state index in [-0.39, 0.29) is 0 Å². The van der Waals surface area contributed by atoms with Crippen LogP contribution in [0.25, 0.3) is 11.3 Å². The van der Waals surface area contributed by atoms with Crippen LogP contribution in [-0.4, -0.2) is 24.8 Å². The lowest BCUT2D eigenvalue weighted by Gasteiger charge is -2.08. The Morgan fingerprint density at radius 3 is 2.00 bits per heavy atom. The van der Waals surface area contributed by atoms with Gasteiger partial charge in [0, 0.05) is 18.4 Å². The fourth-order valence-corrected chi connectivity index (χ4v) is 3.70. The van der Waals surface area contributed by atoms with Crippen molar-refractivity contribution in [2.24, 2.45) is 0 Å². The van der Waals surface area contributed by atoms with Gasteiger partial charge in [0.2, 0.25) is 0 Å². The number of aryl methyl sites for hydroxylation is 1. The zero-order chi connectivity index (χ0) is 22.0. The number of nitrogens with zero attached hydrogens (tertiary/aromatic N) is 1. The Bertz CT molecular complexity index is 666. The molecule has 0 N–H and O–H groups in total. The maximum atomic E-state index is 5.80. The van der Waals surface area contributed by atoms with Gasteiger partial charge in [-0.15, -0.1) is 0 Å². The van der Waals surface area contributed by atoms with E-state index < -0.39 is 0 Å². The average Bonchev–Trinajstić information content (AvgIpc) is 2.81. The van der Waals surface area contributed by atoms with E-state index in [0.29, 0.717) is 13.2 Å². The summed E-state index contributed by atoms with van der Waals surface area (Å²) in [6.45, 7) is 6.60. The molecule has 0 aliphatic carbocycles. The van der Waals surface area contributed by atoms with Crippen LogP contribution in [0, 0.1) is 0 Å². The van der Waals surface area contributed by atoms with Crippen molar-refractivity contribution in [2.75, 3.05) is 19.8 Å². The van der Waals surface area contributed by atoms with Crippen LogP contribution in [0.3, 0.4) is 0 Å². The number of benzene rings is 1. The summed E-state index contributed by atoms with van der Waals surface area (Å²) in [4.78, 5) is 4.66. The number of pyridine rings is 1. The van der Waals surface area contributed by atoms with E-state index in [4.69, 9.17) is 9.47 Å². The summed E-state index contributed by atoms with van der Waals surface area (Å²) >= 11 is 0. The molecule has 2 rings (SSSR count). The molecule has 31 heavy (non-hydrogen) atoms. The summed E-state index contributed by atoms with van der Waals surface area (Å²) in [7, 11) is 0. The van der Waals surface area contributed by atoms with Gasteiger partial charge >= 0.3 is 0 Å². The Morgan fingerprint density at radius 1 is 0.645 bits per heavy atom. The van der Waals surface area contributed by atoms with Crippen LogP contribution in [0.1, 0.15) is 90.0 Å². The molecule has 0 aliphatic heterocycles. The third-order valence-electron chi connectivity index (χ3n) is 5.68. The van der Waals surface area contributed by atoms with Gasteiger partial charge in [0.05, 0.1) is 12.3 Å². The van der Waals surface area contributed by atoms with Crippen molar-refractivity contribution in [2.45, 2.75) is 90.9 Å². The molecule has 0 amide bonds. The predicted molar refractivity (Wildman–Crippen MR) is 132 cm³/mol. The molecule has 3 heteroatoms. The molecule has 1 heterocycles. The van der Waals surface area contributed by atoms with E-state index in [1.54, 1.807) is 0 Å². The molecule has 172 valence electrons. The van der Waals surface area contributed by atoms with E-state index in [1.807, 2.05) is 18.3 Å². The van der Waals surface area contributed by atoms with Crippen LogP contribution in [0.15, 0.2) is 42.6 Å². The van der Waals surface area contributed by atoms with Gasteiger partial charge < -0.3 is 9.47 Å². The zero-order valence-corrected chi connectivity index (χ0v) is 19.9. The highest BCUT2D eigenvalue weighted by Crippen LogP contribution is 2.21. The highest BCUT2D eigenvalue weighted by atomic mass is 16.5. The van der Waals surface area contributed by atoms with E-state index in [0.717, 1.165) is 36.5 Å². The first-order valence-electron chi connectivity index (χ1n) is 12.6. The van der Waals surface area contributed by atoms with Crippen molar-refractivity contribution < 1.29 is 9.47 Å². The molecule has 0 atom stereocenters. The summed E-state index contributed by atoms with van der Waals surface area (Å²) in [5, 5.41) is 0. The molecular weight excluding hydrogens is 382 g/mol. The van der Waals surface area contributed by atoms with Crippen molar-refractivity contribution >= 4 is 0 Å². The van der Waals surface area contributed by atoms with Gasteiger partial charge in [-0.1, -0.05) is 77.7 Å². The molecular formula is C28H43NO2. The van der Waals surface area contributed by atoms with Gasteiger partial charge in [0.15, 0.2) is 0 Å². The first kappa shape index (κ1) is 25.4. The smallest absolute Gasteiger partial charge is 0.119 e. The van der Waals surface area contributed by atoms with Crippen molar-refractivity contribution in [3.05, 3.63) is 48.2 Å². The van der Waals surface area contributed by atoms with Crippen LogP contribution in [0.5, 0.6) is 5.75 Å². The van der Waals surface area contributed by atoms with Crippen LogP contribution in [0.2, 0.25) is 0 Å². The Hall–Kier alpha value is -1.87. The molecule has 0 fully saturated rings. The minimum absolute atomic E-state index is 0.598. The number of ether oxygens (including phenoxy) is 2. The van der Waals surface area contributed by atoms with Crippen LogP contribution in [0.4, 0.5) is 0 Å². The molecule has 0 bridgehead atoms. The molecule has 1 aromatic heterocycles. The largest absolute Gasteiger partial charge is 0.491 e. The first-order valence-corrected chi connectivity index (χ1v) is 12.6. The zero-order valence-electron chi connectivity index (χ0n) is 19.9. The summed E-state index contributed by atoms with van der Waals surface area (Å²) in [6, 6.07) is 12.6. The summed E-state index contributed by atoms with van der Waals surface area (Å²) in [5.41, 5.74) is 3.48. The normalized spacial score (nSPS) is 11.0. The lowest BCUT2D eigenvalue weighted by Crippen LogP contribution is -2.07. The van der Waals surface area contributed by atoms with E-state index in [1.165, 1.54) is 69.8 Å². The van der Waals surface area contributed by atoms with Gasteiger partial charge in [0.25, 0.3) is 0 Å². The predicted octanol–water partition coefficient (Wildman–Crippen LogP) is 8.02. The van der Waals surface area contributed by atoms with Crippen molar-refractivity contribution in [1.82, 2.24) is 4.98 Å². The molecule has 0 saturated heterocycles. The minimum atomic E-state index is 0.598. The van der Waals surface area contributed by atoms with E-state index in [9.17, 15) is 0 Å². The van der Waals surface area contributed by atoms with E-state index in [2.05, 4.69) is 43.1 Å². The fourth-order valence-electron chi connectivity index (χ4n) is 3.70. The maximum Gasteiger partial charge on any atom is 0.119 e. The fraction of sp³-hybridized carbons (Fsp3) is 0.607. The maximum absolute atomic E-state index is 5.80. The highest BCUT2D eigenvalue weighted by molar-refractivity contribution is 5.60. The Morgan fingerprint density at radius 2 is 1.32 bits per heavy atom. The van der Waals surface area contributed by atoms with Crippen molar-refractivity contribution in [3.63, 3.8) is 0 Å². The molecule has 1 aromatic carbocycles. The summed E-state index contributed by atoms with van der Waals surface area (Å²) in [5.74, 6) is 0.885. The number of aromatic nitrogens is 1. The van der Waals surface area contributed by atoms with Crippen molar-refractivity contribution in [1.29, 1.82) is 0 Å². The monoisotopic (exact) mass is 425 g/mol. The molecule has 0 aliphatic rings. The molecule has 0 radical (unpaired) electrons. The topological polar surface area (TPSA) is 31.4 Å². The van der Waals surface area contributed by atoms with Crippen LogP contribution < -0.4 is 4.74 Å². The van der Waals surface area contributed by atoms with Gasteiger partial charge in [-0.05, 0) is 55.2 Å². The number of rotatable bonds is 18. The van der Waals surface area contributed by atoms with Crippen LogP contribution >= 0.6 is 0 Å². The SMILES string of the molecule is CCCCCCCCOCCOc1ccc(-c2ccc(CCCCCCC)cn2)cc1. The molecule has 0 saturated carbocycles. The first-order chi connectivity index (χ1) is 15.3. The second-order valence-corrected chi connectivity index (χ2v) is 8.47. The molecule has 2 aromatic rings. The lowest BCUT2D eigenvalue weighted by atomic mass is 10.1. The average molecular weight is 426 g/mol. The van der Waals surface area contributed by atoms with Gasteiger partial charge in [-0.25, -0.2) is 0 Å². The molecule has 0 spiro atoms. The Kier molecular flexibility index (Phi) is 13.7. The Balaban J connectivity index is 1.60. The number of unbranched alkanes of at least 4 members (excludes halogenated alkanes) is 9. The van der Waals surface area contributed by atoms with Gasteiger partial charge in [-0.3, -0.25) is 4.98 Å². The highest BCUT2D eigenvalue weighted by Gasteiger charge is 2.02.